The first kappa shape index (κ1) is 14.4. The standard InChI is InChI=1S/C13H22N4O/c1-8(2)9(3)7-15-13(18)11-5-10(4)16-12(6-11)17-14/h5-6,8-9H,7,14H2,1-4H3,(H,15,18)(H,16,17). The molecule has 1 aromatic rings. The first-order chi connectivity index (χ1) is 8.43. The molecule has 0 aromatic carbocycles. The molecule has 1 rings (SSSR count). The Morgan fingerprint density at radius 1 is 1.39 bits per heavy atom. The Morgan fingerprint density at radius 2 is 2.06 bits per heavy atom. The number of nitrogens with two attached hydrogens (primary N) is 1. The van der Waals surface area contributed by atoms with Gasteiger partial charge in [-0.1, -0.05) is 20.8 Å². The summed E-state index contributed by atoms with van der Waals surface area (Å²) in [7, 11) is 0. The van der Waals surface area contributed by atoms with Gasteiger partial charge in [0.15, 0.2) is 0 Å². The van der Waals surface area contributed by atoms with E-state index in [9.17, 15) is 4.79 Å². The van der Waals surface area contributed by atoms with Gasteiger partial charge in [0, 0.05) is 17.8 Å². The molecule has 0 spiro atoms. The number of aryl methyl sites for hydroxylation is 1. The molecule has 100 valence electrons. The van der Waals surface area contributed by atoms with Crippen molar-refractivity contribution in [1.29, 1.82) is 0 Å². The minimum absolute atomic E-state index is 0.0931. The van der Waals surface area contributed by atoms with Crippen LogP contribution in [0.25, 0.3) is 0 Å². The van der Waals surface area contributed by atoms with Crippen molar-refractivity contribution in [1.82, 2.24) is 10.3 Å². The quantitative estimate of drug-likeness (QED) is 0.549. The van der Waals surface area contributed by atoms with Crippen LogP contribution in [0, 0.1) is 18.8 Å². The van der Waals surface area contributed by atoms with Crippen LogP contribution in [0.15, 0.2) is 12.1 Å². The largest absolute Gasteiger partial charge is 0.352 e. The number of hydrogen-bond donors (Lipinski definition) is 3. The summed E-state index contributed by atoms with van der Waals surface area (Å²) >= 11 is 0. The second kappa shape index (κ2) is 6.35. The minimum Gasteiger partial charge on any atom is -0.352 e. The van der Waals surface area contributed by atoms with Gasteiger partial charge in [0.2, 0.25) is 0 Å². The van der Waals surface area contributed by atoms with E-state index in [1.165, 1.54) is 0 Å². The number of carbonyl (C=O) groups is 1. The van der Waals surface area contributed by atoms with Crippen molar-refractivity contribution >= 4 is 11.7 Å². The number of rotatable bonds is 5. The molecule has 4 N–H and O–H groups in total. The summed E-state index contributed by atoms with van der Waals surface area (Å²) < 4.78 is 0. The predicted octanol–water partition coefficient (Wildman–Crippen LogP) is 1.70. The number of pyridine rings is 1. The van der Waals surface area contributed by atoms with Crippen molar-refractivity contribution in [2.45, 2.75) is 27.7 Å². The molecule has 0 bridgehead atoms. The Bertz CT molecular complexity index is 417. The van der Waals surface area contributed by atoms with E-state index in [-0.39, 0.29) is 5.91 Å². The van der Waals surface area contributed by atoms with Crippen LogP contribution in [0.5, 0.6) is 0 Å². The molecule has 1 amide bonds. The maximum absolute atomic E-state index is 12.0. The van der Waals surface area contributed by atoms with Gasteiger partial charge in [0.05, 0.1) is 0 Å². The van der Waals surface area contributed by atoms with E-state index in [0.717, 1.165) is 5.69 Å². The molecule has 18 heavy (non-hydrogen) atoms. The zero-order valence-corrected chi connectivity index (χ0v) is 11.4. The Hall–Kier alpha value is -1.62. The summed E-state index contributed by atoms with van der Waals surface area (Å²) in [6.07, 6.45) is 0. The smallest absolute Gasteiger partial charge is 0.251 e. The fourth-order valence-corrected chi connectivity index (χ4v) is 1.47. The van der Waals surface area contributed by atoms with Crippen molar-refractivity contribution in [2.75, 3.05) is 12.0 Å². The topological polar surface area (TPSA) is 80.0 Å². The normalized spacial score (nSPS) is 12.3. The first-order valence-electron chi connectivity index (χ1n) is 6.17. The lowest BCUT2D eigenvalue weighted by Crippen LogP contribution is -2.30. The highest BCUT2D eigenvalue weighted by Gasteiger charge is 2.11. The van der Waals surface area contributed by atoms with Crippen molar-refractivity contribution in [3.05, 3.63) is 23.4 Å². The van der Waals surface area contributed by atoms with Gasteiger partial charge in [-0.15, -0.1) is 0 Å². The summed E-state index contributed by atoms with van der Waals surface area (Å²) in [5.74, 6) is 6.70. The highest BCUT2D eigenvalue weighted by molar-refractivity contribution is 5.94. The van der Waals surface area contributed by atoms with Crippen LogP contribution >= 0.6 is 0 Å². The highest BCUT2D eigenvalue weighted by atomic mass is 16.1. The van der Waals surface area contributed by atoms with Gasteiger partial charge >= 0.3 is 0 Å². The molecule has 0 fully saturated rings. The number of nitrogens with zero attached hydrogens (tertiary/aromatic N) is 1. The molecule has 0 aliphatic carbocycles. The van der Waals surface area contributed by atoms with Gasteiger partial charge in [-0.25, -0.2) is 10.8 Å². The predicted molar refractivity (Wildman–Crippen MR) is 73.1 cm³/mol. The number of carbonyl (C=O) groups excluding carboxylic acids is 1. The van der Waals surface area contributed by atoms with Crippen LogP contribution in [0.3, 0.4) is 0 Å². The molecule has 0 radical (unpaired) electrons. The van der Waals surface area contributed by atoms with Gasteiger partial charge in [0.1, 0.15) is 5.82 Å². The SMILES string of the molecule is Cc1cc(C(=O)NCC(C)C(C)C)cc(NN)n1. The zero-order valence-electron chi connectivity index (χ0n) is 11.4. The lowest BCUT2D eigenvalue weighted by Gasteiger charge is -2.16. The average molecular weight is 250 g/mol. The maximum Gasteiger partial charge on any atom is 0.251 e. The molecule has 1 atom stereocenters. The number of anilines is 1. The van der Waals surface area contributed by atoms with Crippen LogP contribution in [0.2, 0.25) is 0 Å². The van der Waals surface area contributed by atoms with Crippen LogP contribution in [0.4, 0.5) is 5.82 Å². The van der Waals surface area contributed by atoms with E-state index in [2.05, 4.69) is 36.5 Å². The van der Waals surface area contributed by atoms with Gasteiger partial charge in [-0.2, -0.15) is 0 Å². The third-order valence-corrected chi connectivity index (χ3v) is 3.09. The van der Waals surface area contributed by atoms with Crippen molar-refractivity contribution in [3.8, 4) is 0 Å². The van der Waals surface area contributed by atoms with E-state index in [4.69, 9.17) is 5.84 Å². The Morgan fingerprint density at radius 3 is 2.61 bits per heavy atom. The number of aromatic nitrogens is 1. The van der Waals surface area contributed by atoms with Crippen LogP contribution in [-0.4, -0.2) is 17.4 Å². The van der Waals surface area contributed by atoms with Gasteiger partial charge < -0.3 is 10.7 Å². The van der Waals surface area contributed by atoms with Crippen molar-refractivity contribution < 1.29 is 4.79 Å². The molecule has 1 aromatic heterocycles. The molecular weight excluding hydrogens is 228 g/mol. The Kier molecular flexibility index (Phi) is 5.09. The maximum atomic E-state index is 12.0. The molecule has 1 heterocycles. The first-order valence-corrected chi connectivity index (χ1v) is 6.17. The number of amides is 1. The summed E-state index contributed by atoms with van der Waals surface area (Å²) in [5, 5.41) is 2.92. The van der Waals surface area contributed by atoms with E-state index in [1.54, 1.807) is 12.1 Å². The number of hydrogen-bond acceptors (Lipinski definition) is 4. The third kappa shape index (κ3) is 4.00. The zero-order chi connectivity index (χ0) is 13.7. The summed E-state index contributed by atoms with van der Waals surface area (Å²) in [4.78, 5) is 16.1. The van der Waals surface area contributed by atoms with E-state index < -0.39 is 0 Å². The molecule has 0 aliphatic heterocycles. The molecule has 0 aliphatic rings. The fraction of sp³-hybridized carbons (Fsp3) is 0.538. The van der Waals surface area contributed by atoms with Crippen LogP contribution in [-0.2, 0) is 0 Å². The summed E-state index contributed by atoms with van der Waals surface area (Å²) in [6, 6.07) is 3.39. The minimum atomic E-state index is -0.0931. The van der Waals surface area contributed by atoms with E-state index in [0.29, 0.717) is 29.8 Å². The van der Waals surface area contributed by atoms with E-state index >= 15 is 0 Å². The lowest BCUT2D eigenvalue weighted by atomic mass is 9.98. The number of nitrogen functional groups attached to an aromatic ring is 1. The second-order valence-electron chi connectivity index (χ2n) is 4.96. The van der Waals surface area contributed by atoms with E-state index in [1.807, 2.05) is 6.92 Å². The van der Waals surface area contributed by atoms with Gasteiger partial charge in [0.25, 0.3) is 5.91 Å². The second-order valence-corrected chi connectivity index (χ2v) is 4.96. The molecule has 5 heteroatoms. The Balaban J connectivity index is 2.69. The number of nitrogens with one attached hydrogen (secondary N) is 2. The van der Waals surface area contributed by atoms with Crippen molar-refractivity contribution in [3.63, 3.8) is 0 Å². The Labute approximate surface area is 108 Å². The fourth-order valence-electron chi connectivity index (χ4n) is 1.47. The molecular formula is C13H22N4O. The van der Waals surface area contributed by atoms with Crippen molar-refractivity contribution in [2.24, 2.45) is 17.7 Å². The molecule has 0 saturated carbocycles. The average Bonchev–Trinajstić information content (AvgIpc) is 2.34. The van der Waals surface area contributed by atoms with Gasteiger partial charge in [-0.3, -0.25) is 4.79 Å². The molecule has 5 nitrogen and oxygen atoms in total. The van der Waals surface area contributed by atoms with Crippen LogP contribution in [0.1, 0.15) is 36.8 Å². The van der Waals surface area contributed by atoms with Crippen LogP contribution < -0.4 is 16.6 Å². The monoisotopic (exact) mass is 250 g/mol. The third-order valence-electron chi connectivity index (χ3n) is 3.09. The lowest BCUT2D eigenvalue weighted by molar-refractivity contribution is 0.0944. The molecule has 1 unspecified atom stereocenters. The van der Waals surface area contributed by atoms with Gasteiger partial charge in [-0.05, 0) is 30.9 Å². The highest BCUT2D eigenvalue weighted by Crippen LogP contribution is 2.11. The molecule has 0 saturated heterocycles. The summed E-state index contributed by atoms with van der Waals surface area (Å²) in [6.45, 7) is 8.90. The number of hydrazine groups is 1. The summed E-state index contributed by atoms with van der Waals surface area (Å²) in [5.41, 5.74) is 3.79.